The Balaban J connectivity index is 2.30. The molecule has 0 heterocycles. The molecular formula is C15H21NO. The van der Waals surface area contributed by atoms with E-state index in [4.69, 9.17) is 5.73 Å². The van der Waals surface area contributed by atoms with Gasteiger partial charge in [-0.15, -0.1) is 0 Å². The molecule has 0 saturated carbocycles. The first kappa shape index (κ1) is 12.2. The normalized spacial score (nSPS) is 20.6. The van der Waals surface area contributed by atoms with E-state index in [1.807, 2.05) is 0 Å². The van der Waals surface area contributed by atoms with Crippen LogP contribution in [0.2, 0.25) is 0 Å². The number of benzene rings is 1. The number of carbonyl (C=O) groups is 1. The topological polar surface area (TPSA) is 43.1 Å². The van der Waals surface area contributed by atoms with E-state index in [9.17, 15) is 4.79 Å². The molecule has 0 aromatic heterocycles. The van der Waals surface area contributed by atoms with Crippen LogP contribution in [0.5, 0.6) is 0 Å². The monoisotopic (exact) mass is 231 g/mol. The molecule has 1 aromatic rings. The smallest absolute Gasteiger partial charge is 0.221 e. The van der Waals surface area contributed by atoms with Crippen LogP contribution in [0.1, 0.15) is 49.7 Å². The fourth-order valence-corrected chi connectivity index (χ4v) is 3.06. The van der Waals surface area contributed by atoms with Crippen LogP contribution in [-0.2, 0) is 11.2 Å². The lowest BCUT2D eigenvalue weighted by atomic mass is 9.74. The average molecular weight is 231 g/mol. The second-order valence-electron chi connectivity index (χ2n) is 5.00. The van der Waals surface area contributed by atoms with Crippen LogP contribution < -0.4 is 5.73 Å². The van der Waals surface area contributed by atoms with E-state index in [-0.39, 0.29) is 11.8 Å². The van der Waals surface area contributed by atoms with Gasteiger partial charge in [0.05, 0.1) is 0 Å². The molecule has 1 amide bonds. The fraction of sp³-hybridized carbons (Fsp3) is 0.533. The van der Waals surface area contributed by atoms with E-state index in [2.05, 4.69) is 31.2 Å². The molecule has 0 aliphatic heterocycles. The number of rotatable bonds is 4. The number of carbonyl (C=O) groups excluding carboxylic acids is 1. The molecule has 0 saturated heterocycles. The van der Waals surface area contributed by atoms with Crippen molar-refractivity contribution in [2.75, 3.05) is 0 Å². The zero-order valence-electron chi connectivity index (χ0n) is 10.5. The third-order valence-electron chi connectivity index (χ3n) is 3.87. The quantitative estimate of drug-likeness (QED) is 0.850. The summed E-state index contributed by atoms with van der Waals surface area (Å²) in [5.74, 6) is 0.229. The molecule has 0 fully saturated rings. The molecule has 17 heavy (non-hydrogen) atoms. The fourth-order valence-electron chi connectivity index (χ4n) is 3.06. The van der Waals surface area contributed by atoms with E-state index in [1.54, 1.807) is 0 Å². The summed E-state index contributed by atoms with van der Waals surface area (Å²) in [6.45, 7) is 2.12. The lowest BCUT2D eigenvalue weighted by Crippen LogP contribution is -2.30. The Morgan fingerprint density at radius 2 is 2.24 bits per heavy atom. The maximum absolute atomic E-state index is 11.6. The van der Waals surface area contributed by atoms with Crippen molar-refractivity contribution < 1.29 is 4.79 Å². The maximum Gasteiger partial charge on any atom is 0.221 e. The summed E-state index contributed by atoms with van der Waals surface area (Å²) in [5.41, 5.74) is 8.34. The molecule has 0 bridgehead atoms. The van der Waals surface area contributed by atoms with E-state index in [0.29, 0.717) is 5.92 Å². The lowest BCUT2D eigenvalue weighted by molar-refractivity contribution is -0.122. The van der Waals surface area contributed by atoms with Crippen molar-refractivity contribution in [3.05, 3.63) is 35.4 Å². The van der Waals surface area contributed by atoms with Crippen molar-refractivity contribution in [2.24, 2.45) is 11.7 Å². The summed E-state index contributed by atoms with van der Waals surface area (Å²) in [6, 6.07) is 8.51. The Hall–Kier alpha value is -1.31. The van der Waals surface area contributed by atoms with Gasteiger partial charge in [0.25, 0.3) is 0 Å². The van der Waals surface area contributed by atoms with Gasteiger partial charge >= 0.3 is 0 Å². The molecule has 0 spiro atoms. The summed E-state index contributed by atoms with van der Waals surface area (Å²) in [6.07, 6.45) is 5.35. The minimum atomic E-state index is -0.131. The second kappa shape index (κ2) is 5.35. The molecule has 2 atom stereocenters. The van der Waals surface area contributed by atoms with Crippen molar-refractivity contribution in [2.45, 2.75) is 44.9 Å². The predicted octanol–water partition coefficient (Wildman–Crippen LogP) is 3.01. The first-order chi connectivity index (χ1) is 8.24. The van der Waals surface area contributed by atoms with Crippen LogP contribution in [0.15, 0.2) is 24.3 Å². The Morgan fingerprint density at radius 1 is 1.47 bits per heavy atom. The van der Waals surface area contributed by atoms with Gasteiger partial charge in [0.1, 0.15) is 0 Å². The maximum atomic E-state index is 11.6. The van der Waals surface area contributed by atoms with Gasteiger partial charge in [0.2, 0.25) is 5.91 Å². The molecule has 2 unspecified atom stereocenters. The van der Waals surface area contributed by atoms with Crippen molar-refractivity contribution >= 4 is 5.91 Å². The van der Waals surface area contributed by atoms with Crippen molar-refractivity contribution in [3.8, 4) is 0 Å². The van der Waals surface area contributed by atoms with Crippen LogP contribution in [0.4, 0.5) is 0 Å². The number of aryl methyl sites for hydroxylation is 1. The number of nitrogens with two attached hydrogens (primary N) is 1. The number of hydrogen-bond donors (Lipinski definition) is 1. The lowest BCUT2D eigenvalue weighted by Gasteiger charge is -2.30. The summed E-state index contributed by atoms with van der Waals surface area (Å²) < 4.78 is 0. The minimum Gasteiger partial charge on any atom is -0.369 e. The van der Waals surface area contributed by atoms with Crippen LogP contribution in [0, 0.1) is 5.92 Å². The summed E-state index contributed by atoms with van der Waals surface area (Å²) in [7, 11) is 0. The Labute approximate surface area is 103 Å². The predicted molar refractivity (Wildman–Crippen MR) is 69.7 cm³/mol. The molecule has 1 aliphatic rings. The summed E-state index contributed by atoms with van der Waals surface area (Å²) in [4.78, 5) is 11.6. The summed E-state index contributed by atoms with van der Waals surface area (Å²) >= 11 is 0. The number of primary amides is 1. The average Bonchev–Trinajstić information content (AvgIpc) is 2.35. The van der Waals surface area contributed by atoms with Gasteiger partial charge in [0, 0.05) is 5.92 Å². The standard InChI is InChI=1S/C15H21NO/c1-2-6-14(15(16)17)13-10-5-8-11-7-3-4-9-12(11)13/h3-4,7,9,13-14H,2,5-6,8,10H2,1H3,(H2,16,17). The van der Waals surface area contributed by atoms with Crippen LogP contribution >= 0.6 is 0 Å². The molecule has 0 radical (unpaired) electrons. The number of hydrogen-bond acceptors (Lipinski definition) is 1. The first-order valence-corrected chi connectivity index (χ1v) is 6.61. The number of amides is 1. The van der Waals surface area contributed by atoms with Gasteiger partial charge in [-0.2, -0.15) is 0 Å². The van der Waals surface area contributed by atoms with Gasteiger partial charge in [0.15, 0.2) is 0 Å². The van der Waals surface area contributed by atoms with Crippen molar-refractivity contribution in [1.29, 1.82) is 0 Å². The third-order valence-corrected chi connectivity index (χ3v) is 3.87. The van der Waals surface area contributed by atoms with Gasteiger partial charge < -0.3 is 5.73 Å². The molecule has 1 aliphatic carbocycles. The van der Waals surface area contributed by atoms with Gasteiger partial charge in [-0.25, -0.2) is 0 Å². The Bertz CT molecular complexity index is 400. The Morgan fingerprint density at radius 3 is 2.94 bits per heavy atom. The van der Waals surface area contributed by atoms with Gasteiger partial charge in [-0.05, 0) is 42.7 Å². The molecule has 1 aromatic carbocycles. The zero-order chi connectivity index (χ0) is 12.3. The highest BCUT2D eigenvalue weighted by atomic mass is 16.1. The number of fused-ring (bicyclic) bond motifs is 1. The Kier molecular flexibility index (Phi) is 3.82. The summed E-state index contributed by atoms with van der Waals surface area (Å²) in [5, 5.41) is 0. The molecule has 2 rings (SSSR count). The van der Waals surface area contributed by atoms with E-state index >= 15 is 0 Å². The van der Waals surface area contributed by atoms with Crippen LogP contribution in [-0.4, -0.2) is 5.91 Å². The van der Waals surface area contributed by atoms with E-state index < -0.39 is 0 Å². The highest BCUT2D eigenvalue weighted by molar-refractivity contribution is 5.78. The largest absolute Gasteiger partial charge is 0.369 e. The zero-order valence-corrected chi connectivity index (χ0v) is 10.5. The molecule has 2 nitrogen and oxygen atoms in total. The van der Waals surface area contributed by atoms with Crippen molar-refractivity contribution in [1.82, 2.24) is 0 Å². The van der Waals surface area contributed by atoms with E-state index in [1.165, 1.54) is 17.5 Å². The highest BCUT2D eigenvalue weighted by Gasteiger charge is 2.30. The first-order valence-electron chi connectivity index (χ1n) is 6.61. The van der Waals surface area contributed by atoms with Crippen LogP contribution in [0.3, 0.4) is 0 Å². The molecule has 2 heteroatoms. The van der Waals surface area contributed by atoms with Gasteiger partial charge in [-0.1, -0.05) is 37.6 Å². The van der Waals surface area contributed by atoms with E-state index in [0.717, 1.165) is 25.7 Å². The SMILES string of the molecule is CCCC(C(N)=O)C1CCCc2ccccc21. The van der Waals surface area contributed by atoms with Crippen molar-refractivity contribution in [3.63, 3.8) is 0 Å². The molecule has 92 valence electrons. The van der Waals surface area contributed by atoms with Gasteiger partial charge in [-0.3, -0.25) is 4.79 Å². The third kappa shape index (κ3) is 2.51. The van der Waals surface area contributed by atoms with Crippen LogP contribution in [0.25, 0.3) is 0 Å². The highest BCUT2D eigenvalue weighted by Crippen LogP contribution is 2.38. The minimum absolute atomic E-state index is 0.0152. The second-order valence-corrected chi connectivity index (χ2v) is 5.00. The molecule has 2 N–H and O–H groups in total. The molecular weight excluding hydrogens is 210 g/mol.